The monoisotopic (exact) mass is 446 g/mol. The molecule has 2 heterocycles. The van der Waals surface area contributed by atoms with E-state index in [9.17, 15) is 14.9 Å². The Balaban J connectivity index is 1.62. The molecule has 0 spiro atoms. The number of nitro groups is 1. The standard InChI is InChI=1S/C25H22N2O4S/c1-25(2)13-17-23(19(28)14-25)24(32-22-10-6-4-8-16(22)26-17)21-12-11-20(31-21)15-7-3-5-9-18(15)27(29)30/h3-12,24,26H,13-14H2,1-2H3/t24-/m1/s1. The summed E-state index contributed by atoms with van der Waals surface area (Å²) in [5.41, 5.74) is 2.92. The van der Waals surface area contributed by atoms with Crippen LogP contribution in [0.5, 0.6) is 0 Å². The number of ketones is 1. The van der Waals surface area contributed by atoms with Crippen molar-refractivity contribution in [2.24, 2.45) is 5.41 Å². The molecule has 0 amide bonds. The molecule has 32 heavy (non-hydrogen) atoms. The largest absolute Gasteiger partial charge is 0.459 e. The van der Waals surface area contributed by atoms with Crippen molar-refractivity contribution < 1.29 is 14.1 Å². The number of nitrogens with one attached hydrogen (secondary N) is 1. The molecule has 1 N–H and O–H groups in total. The zero-order chi connectivity index (χ0) is 22.5. The molecule has 7 heteroatoms. The Hall–Kier alpha value is -3.32. The van der Waals surface area contributed by atoms with E-state index in [1.165, 1.54) is 6.07 Å². The minimum atomic E-state index is -0.411. The molecule has 0 unspecified atom stereocenters. The highest BCUT2D eigenvalue weighted by atomic mass is 32.2. The van der Waals surface area contributed by atoms with E-state index >= 15 is 0 Å². The summed E-state index contributed by atoms with van der Waals surface area (Å²) in [5.74, 6) is 1.14. The number of rotatable bonds is 3. The Kier molecular flexibility index (Phi) is 4.93. The van der Waals surface area contributed by atoms with E-state index in [1.54, 1.807) is 36.0 Å². The first-order valence-electron chi connectivity index (χ1n) is 10.4. The molecule has 162 valence electrons. The number of thioether (sulfide) groups is 1. The highest BCUT2D eigenvalue weighted by Gasteiger charge is 2.40. The van der Waals surface area contributed by atoms with Crippen LogP contribution in [0.3, 0.4) is 0 Å². The Morgan fingerprint density at radius 3 is 2.62 bits per heavy atom. The first-order chi connectivity index (χ1) is 15.3. The number of nitro benzene ring substituents is 1. The second-order valence-corrected chi connectivity index (χ2v) is 10.1. The molecule has 0 saturated heterocycles. The van der Waals surface area contributed by atoms with E-state index in [1.807, 2.05) is 30.3 Å². The molecule has 3 aromatic rings. The molecule has 1 atom stereocenters. The number of hydrogen-bond acceptors (Lipinski definition) is 6. The molecular weight excluding hydrogens is 424 g/mol. The maximum absolute atomic E-state index is 13.3. The van der Waals surface area contributed by atoms with Crippen LogP contribution in [0.25, 0.3) is 11.3 Å². The number of nitrogens with zero attached hydrogens (tertiary/aromatic N) is 1. The summed E-state index contributed by atoms with van der Waals surface area (Å²) in [6.45, 7) is 4.21. The third kappa shape index (κ3) is 3.62. The van der Waals surface area contributed by atoms with Gasteiger partial charge in [-0.2, -0.15) is 0 Å². The van der Waals surface area contributed by atoms with Crippen LogP contribution in [-0.4, -0.2) is 10.7 Å². The zero-order valence-corrected chi connectivity index (χ0v) is 18.6. The van der Waals surface area contributed by atoms with E-state index in [0.717, 1.165) is 28.3 Å². The van der Waals surface area contributed by atoms with Gasteiger partial charge in [0, 0.05) is 28.7 Å². The number of fused-ring (bicyclic) bond motifs is 1. The van der Waals surface area contributed by atoms with Crippen LogP contribution in [0.2, 0.25) is 0 Å². The van der Waals surface area contributed by atoms with E-state index in [-0.39, 0.29) is 22.1 Å². The Labute approximate surface area is 189 Å². The molecule has 2 aromatic carbocycles. The van der Waals surface area contributed by atoms with E-state index in [0.29, 0.717) is 23.5 Å². The molecule has 0 fully saturated rings. The SMILES string of the molecule is CC1(C)CC(=O)C2=C(C1)Nc1ccccc1S[C@@H]2c1ccc(-c2ccccc2[N+](=O)[O-])o1. The highest BCUT2D eigenvalue weighted by Crippen LogP contribution is 2.52. The normalized spacial score (nSPS) is 19.6. The van der Waals surface area contributed by atoms with Gasteiger partial charge in [-0.1, -0.05) is 38.1 Å². The van der Waals surface area contributed by atoms with Crippen molar-refractivity contribution in [2.45, 2.75) is 36.8 Å². The number of hydrogen-bond donors (Lipinski definition) is 1. The van der Waals surface area contributed by atoms with Gasteiger partial charge in [0.1, 0.15) is 11.5 Å². The number of benzene rings is 2. The summed E-state index contributed by atoms with van der Waals surface area (Å²) in [6, 6.07) is 18.1. The van der Waals surface area contributed by atoms with Gasteiger partial charge in [0.25, 0.3) is 5.69 Å². The lowest BCUT2D eigenvalue weighted by Crippen LogP contribution is -2.29. The molecule has 5 rings (SSSR count). The van der Waals surface area contributed by atoms with Gasteiger partial charge in [0.2, 0.25) is 0 Å². The minimum absolute atomic E-state index is 0.00988. The predicted octanol–water partition coefficient (Wildman–Crippen LogP) is 6.76. The summed E-state index contributed by atoms with van der Waals surface area (Å²) in [6.07, 6.45) is 1.23. The van der Waals surface area contributed by atoms with Gasteiger partial charge in [-0.05, 0) is 42.2 Å². The van der Waals surface area contributed by atoms with Gasteiger partial charge in [-0.15, -0.1) is 11.8 Å². The maximum Gasteiger partial charge on any atom is 0.280 e. The van der Waals surface area contributed by atoms with Gasteiger partial charge >= 0.3 is 0 Å². The van der Waals surface area contributed by atoms with Crippen molar-refractivity contribution >= 4 is 28.9 Å². The second kappa shape index (κ2) is 7.67. The van der Waals surface area contributed by atoms with Crippen molar-refractivity contribution in [1.29, 1.82) is 0 Å². The summed E-state index contributed by atoms with van der Waals surface area (Å²) in [7, 11) is 0. The first kappa shape index (κ1) is 20.6. The van der Waals surface area contributed by atoms with Crippen molar-refractivity contribution in [2.75, 3.05) is 5.32 Å². The van der Waals surface area contributed by atoms with Crippen LogP contribution in [0.15, 0.2) is 81.2 Å². The number of anilines is 1. The minimum Gasteiger partial charge on any atom is -0.459 e. The average Bonchev–Trinajstić information content (AvgIpc) is 3.16. The Morgan fingerprint density at radius 2 is 1.81 bits per heavy atom. The van der Waals surface area contributed by atoms with Crippen molar-refractivity contribution in [3.8, 4) is 11.3 Å². The third-order valence-corrected chi connectivity index (χ3v) is 7.16. The highest BCUT2D eigenvalue weighted by molar-refractivity contribution is 8.00. The predicted molar refractivity (Wildman–Crippen MR) is 125 cm³/mol. The zero-order valence-electron chi connectivity index (χ0n) is 17.8. The maximum atomic E-state index is 13.3. The smallest absolute Gasteiger partial charge is 0.280 e. The molecule has 0 bridgehead atoms. The molecule has 1 aliphatic heterocycles. The lowest BCUT2D eigenvalue weighted by molar-refractivity contribution is -0.384. The number of carbonyl (C=O) groups is 1. The molecular formula is C25H22N2O4S. The summed E-state index contributed by atoms with van der Waals surface area (Å²) < 4.78 is 6.18. The van der Waals surface area contributed by atoms with Gasteiger partial charge in [0.15, 0.2) is 5.78 Å². The number of allylic oxidation sites excluding steroid dienone is 1. The summed E-state index contributed by atoms with van der Waals surface area (Å²) >= 11 is 1.57. The molecule has 6 nitrogen and oxygen atoms in total. The average molecular weight is 447 g/mol. The van der Waals surface area contributed by atoms with Gasteiger partial charge < -0.3 is 9.73 Å². The number of para-hydroxylation sites is 2. The van der Waals surface area contributed by atoms with Crippen molar-refractivity contribution in [3.05, 3.63) is 87.8 Å². The topological polar surface area (TPSA) is 85.4 Å². The first-order valence-corrected chi connectivity index (χ1v) is 11.3. The van der Waals surface area contributed by atoms with Crippen LogP contribution in [-0.2, 0) is 4.79 Å². The van der Waals surface area contributed by atoms with E-state index in [2.05, 4.69) is 19.2 Å². The van der Waals surface area contributed by atoms with Crippen LogP contribution in [0.1, 0.15) is 37.7 Å². The number of furan rings is 1. The fraction of sp³-hybridized carbons (Fsp3) is 0.240. The van der Waals surface area contributed by atoms with Gasteiger partial charge in [0.05, 0.1) is 21.4 Å². The molecule has 1 aliphatic carbocycles. The van der Waals surface area contributed by atoms with Crippen LogP contribution in [0.4, 0.5) is 11.4 Å². The Morgan fingerprint density at radius 1 is 1.06 bits per heavy atom. The summed E-state index contributed by atoms with van der Waals surface area (Å²) in [5, 5.41) is 14.7. The van der Waals surface area contributed by atoms with Crippen LogP contribution < -0.4 is 5.32 Å². The fourth-order valence-electron chi connectivity index (χ4n) is 4.45. The van der Waals surface area contributed by atoms with Gasteiger partial charge in [-0.3, -0.25) is 14.9 Å². The number of Topliss-reactive ketones (excluding diaryl/α,β-unsaturated/α-hetero) is 1. The van der Waals surface area contributed by atoms with Crippen LogP contribution in [0, 0.1) is 15.5 Å². The summed E-state index contributed by atoms with van der Waals surface area (Å²) in [4.78, 5) is 25.4. The Bertz CT molecular complexity index is 1270. The number of carbonyl (C=O) groups excluding carboxylic acids is 1. The molecule has 2 aliphatic rings. The van der Waals surface area contributed by atoms with Crippen LogP contribution >= 0.6 is 11.8 Å². The lowest BCUT2D eigenvalue weighted by Gasteiger charge is -2.33. The second-order valence-electron chi connectivity index (χ2n) is 8.93. The van der Waals surface area contributed by atoms with Crippen molar-refractivity contribution in [3.63, 3.8) is 0 Å². The van der Waals surface area contributed by atoms with Gasteiger partial charge in [-0.25, -0.2) is 0 Å². The molecule has 0 radical (unpaired) electrons. The fourth-order valence-corrected chi connectivity index (χ4v) is 5.74. The molecule has 1 aromatic heterocycles. The quantitative estimate of drug-likeness (QED) is 0.353. The van der Waals surface area contributed by atoms with Crippen molar-refractivity contribution in [1.82, 2.24) is 0 Å². The lowest BCUT2D eigenvalue weighted by atomic mass is 9.75. The van der Waals surface area contributed by atoms with E-state index in [4.69, 9.17) is 4.42 Å². The third-order valence-electron chi connectivity index (χ3n) is 5.85. The van der Waals surface area contributed by atoms with E-state index < -0.39 is 4.92 Å². The molecule has 0 saturated carbocycles.